The van der Waals surface area contributed by atoms with Crippen molar-refractivity contribution in [1.29, 1.82) is 0 Å². The summed E-state index contributed by atoms with van der Waals surface area (Å²) in [5.41, 5.74) is 0. The summed E-state index contributed by atoms with van der Waals surface area (Å²) in [7, 11) is -3.57. The number of rotatable bonds is 7. The highest BCUT2D eigenvalue weighted by Gasteiger charge is 2.17. The summed E-state index contributed by atoms with van der Waals surface area (Å²) in [6.45, 7) is 4.75. The van der Waals surface area contributed by atoms with Crippen molar-refractivity contribution in [2.75, 3.05) is 12.3 Å². The van der Waals surface area contributed by atoms with Gasteiger partial charge in [-0.15, -0.1) is 0 Å². The second kappa shape index (κ2) is 6.96. The molecule has 0 fully saturated rings. The van der Waals surface area contributed by atoms with Crippen LogP contribution in [-0.4, -0.2) is 26.8 Å². The molecular weight excluding hydrogens is 272 g/mol. The SMILES string of the molecule is CCCNC(C)CCS(=O)(=O)c1ccc(F)c(F)c1. The van der Waals surface area contributed by atoms with Crippen LogP contribution in [0.4, 0.5) is 8.78 Å². The van der Waals surface area contributed by atoms with E-state index in [0.29, 0.717) is 6.42 Å². The van der Waals surface area contributed by atoms with Crippen LogP contribution < -0.4 is 5.32 Å². The maximum absolute atomic E-state index is 13.0. The summed E-state index contributed by atoms with van der Waals surface area (Å²) >= 11 is 0. The molecule has 0 aromatic heterocycles. The fourth-order valence-corrected chi connectivity index (χ4v) is 3.07. The zero-order valence-electron chi connectivity index (χ0n) is 11.1. The number of hydrogen-bond acceptors (Lipinski definition) is 3. The van der Waals surface area contributed by atoms with E-state index in [0.717, 1.165) is 31.2 Å². The monoisotopic (exact) mass is 291 g/mol. The van der Waals surface area contributed by atoms with Gasteiger partial charge in [-0.25, -0.2) is 17.2 Å². The number of benzene rings is 1. The van der Waals surface area contributed by atoms with E-state index in [1.807, 2.05) is 13.8 Å². The van der Waals surface area contributed by atoms with Crippen LogP contribution in [0, 0.1) is 11.6 Å². The minimum absolute atomic E-state index is 0.0695. The second-order valence-electron chi connectivity index (χ2n) is 4.54. The van der Waals surface area contributed by atoms with Gasteiger partial charge in [-0.2, -0.15) is 0 Å². The van der Waals surface area contributed by atoms with Crippen molar-refractivity contribution in [3.8, 4) is 0 Å². The van der Waals surface area contributed by atoms with E-state index < -0.39 is 21.5 Å². The third kappa shape index (κ3) is 4.87. The summed E-state index contributed by atoms with van der Waals surface area (Å²) in [6.07, 6.45) is 1.40. The van der Waals surface area contributed by atoms with Gasteiger partial charge in [0.05, 0.1) is 10.6 Å². The summed E-state index contributed by atoms with van der Waals surface area (Å²) in [4.78, 5) is -0.172. The number of sulfone groups is 1. The van der Waals surface area contributed by atoms with E-state index in [-0.39, 0.29) is 16.7 Å². The first-order valence-corrected chi connectivity index (χ1v) is 7.93. The Bertz CT molecular complexity index is 517. The number of halogens is 2. The van der Waals surface area contributed by atoms with Crippen molar-refractivity contribution in [3.63, 3.8) is 0 Å². The average Bonchev–Trinajstić information content (AvgIpc) is 2.37. The normalized spacial score (nSPS) is 13.5. The Morgan fingerprint density at radius 3 is 2.53 bits per heavy atom. The van der Waals surface area contributed by atoms with E-state index in [9.17, 15) is 17.2 Å². The lowest BCUT2D eigenvalue weighted by molar-refractivity contribution is 0.503. The second-order valence-corrected chi connectivity index (χ2v) is 6.65. The van der Waals surface area contributed by atoms with E-state index in [2.05, 4.69) is 5.32 Å². The van der Waals surface area contributed by atoms with Gasteiger partial charge in [-0.3, -0.25) is 0 Å². The molecular formula is C13H19F2NO2S. The third-order valence-electron chi connectivity index (χ3n) is 2.81. The van der Waals surface area contributed by atoms with Gasteiger partial charge in [0.2, 0.25) is 0 Å². The molecule has 0 aliphatic heterocycles. The van der Waals surface area contributed by atoms with Crippen molar-refractivity contribution < 1.29 is 17.2 Å². The molecule has 0 aliphatic carbocycles. The van der Waals surface area contributed by atoms with Crippen LogP contribution in [0.25, 0.3) is 0 Å². The van der Waals surface area contributed by atoms with E-state index in [1.165, 1.54) is 0 Å². The summed E-state index contributed by atoms with van der Waals surface area (Å²) in [5, 5.41) is 3.18. The van der Waals surface area contributed by atoms with Gasteiger partial charge in [0.15, 0.2) is 21.5 Å². The lowest BCUT2D eigenvalue weighted by Crippen LogP contribution is -2.28. The molecule has 108 valence electrons. The number of nitrogens with one attached hydrogen (secondary N) is 1. The highest BCUT2D eigenvalue weighted by Crippen LogP contribution is 2.16. The topological polar surface area (TPSA) is 46.2 Å². The highest BCUT2D eigenvalue weighted by molar-refractivity contribution is 7.91. The summed E-state index contributed by atoms with van der Waals surface area (Å²) in [6, 6.07) is 2.73. The molecule has 0 aliphatic rings. The van der Waals surface area contributed by atoms with Gasteiger partial charge in [-0.05, 0) is 44.5 Å². The molecule has 0 amide bonds. The Morgan fingerprint density at radius 2 is 1.95 bits per heavy atom. The molecule has 0 radical (unpaired) electrons. The maximum Gasteiger partial charge on any atom is 0.178 e. The van der Waals surface area contributed by atoms with Crippen LogP contribution in [0.5, 0.6) is 0 Å². The zero-order chi connectivity index (χ0) is 14.5. The molecule has 6 heteroatoms. The van der Waals surface area contributed by atoms with Gasteiger partial charge in [0.25, 0.3) is 0 Å². The molecule has 1 N–H and O–H groups in total. The zero-order valence-corrected chi connectivity index (χ0v) is 11.9. The lowest BCUT2D eigenvalue weighted by Gasteiger charge is -2.13. The fourth-order valence-electron chi connectivity index (χ4n) is 1.61. The van der Waals surface area contributed by atoms with Crippen LogP contribution in [0.3, 0.4) is 0 Å². The number of hydrogen-bond donors (Lipinski definition) is 1. The third-order valence-corrected chi connectivity index (χ3v) is 4.56. The van der Waals surface area contributed by atoms with Crippen molar-refractivity contribution >= 4 is 9.84 Å². The van der Waals surface area contributed by atoms with Crippen LogP contribution in [0.2, 0.25) is 0 Å². The van der Waals surface area contributed by atoms with Crippen molar-refractivity contribution in [3.05, 3.63) is 29.8 Å². The average molecular weight is 291 g/mol. The highest BCUT2D eigenvalue weighted by atomic mass is 32.2. The maximum atomic E-state index is 13.0. The van der Waals surface area contributed by atoms with E-state index in [1.54, 1.807) is 0 Å². The first kappa shape index (κ1) is 16.0. The minimum Gasteiger partial charge on any atom is -0.314 e. The molecule has 1 aromatic rings. The quantitative estimate of drug-likeness (QED) is 0.785. The molecule has 0 bridgehead atoms. The Balaban J connectivity index is 2.68. The lowest BCUT2D eigenvalue weighted by atomic mass is 10.2. The molecule has 0 saturated carbocycles. The Morgan fingerprint density at radius 1 is 1.26 bits per heavy atom. The molecule has 19 heavy (non-hydrogen) atoms. The molecule has 1 atom stereocenters. The standard InChI is InChI=1S/C13H19F2NO2S/c1-3-7-16-10(2)6-8-19(17,18)11-4-5-12(14)13(15)9-11/h4-5,9-10,16H,3,6-8H2,1-2H3. The Labute approximate surface area is 112 Å². The van der Waals surface area contributed by atoms with E-state index in [4.69, 9.17) is 0 Å². The minimum atomic E-state index is -3.57. The van der Waals surface area contributed by atoms with Crippen LogP contribution in [0.1, 0.15) is 26.7 Å². The van der Waals surface area contributed by atoms with Crippen molar-refractivity contribution in [2.24, 2.45) is 0 Å². The molecule has 0 spiro atoms. The summed E-state index contributed by atoms with van der Waals surface area (Å²) < 4.78 is 49.7. The van der Waals surface area contributed by atoms with Crippen molar-refractivity contribution in [1.82, 2.24) is 5.32 Å². The largest absolute Gasteiger partial charge is 0.314 e. The van der Waals surface area contributed by atoms with Gasteiger partial charge < -0.3 is 5.32 Å². The fraction of sp³-hybridized carbons (Fsp3) is 0.538. The van der Waals surface area contributed by atoms with Crippen LogP contribution in [0.15, 0.2) is 23.1 Å². The molecule has 3 nitrogen and oxygen atoms in total. The molecule has 1 rings (SSSR count). The molecule has 0 heterocycles. The Kier molecular flexibility index (Phi) is 5.87. The summed E-state index contributed by atoms with van der Waals surface area (Å²) in [5.74, 6) is -2.27. The first-order chi connectivity index (χ1) is 8.86. The molecule has 0 saturated heterocycles. The predicted octanol–water partition coefficient (Wildman–Crippen LogP) is 2.52. The van der Waals surface area contributed by atoms with Gasteiger partial charge in [-0.1, -0.05) is 6.92 Å². The predicted molar refractivity (Wildman–Crippen MR) is 70.8 cm³/mol. The Hall–Kier alpha value is -1.01. The van der Waals surface area contributed by atoms with Crippen LogP contribution >= 0.6 is 0 Å². The van der Waals surface area contributed by atoms with Crippen molar-refractivity contribution in [2.45, 2.75) is 37.6 Å². The van der Waals surface area contributed by atoms with E-state index >= 15 is 0 Å². The first-order valence-electron chi connectivity index (χ1n) is 6.28. The van der Waals surface area contributed by atoms with Crippen LogP contribution in [-0.2, 0) is 9.84 Å². The molecule has 1 unspecified atom stereocenters. The smallest absolute Gasteiger partial charge is 0.178 e. The van der Waals surface area contributed by atoms with Gasteiger partial charge in [0.1, 0.15) is 0 Å². The molecule has 1 aromatic carbocycles. The van der Waals surface area contributed by atoms with Gasteiger partial charge in [0, 0.05) is 6.04 Å². The van der Waals surface area contributed by atoms with Gasteiger partial charge >= 0.3 is 0 Å².